The van der Waals surface area contributed by atoms with Gasteiger partial charge in [-0.15, -0.1) is 0 Å². The van der Waals surface area contributed by atoms with E-state index in [1.54, 1.807) is 47.2 Å². The zero-order valence-electron chi connectivity index (χ0n) is 17.8. The van der Waals surface area contributed by atoms with Crippen LogP contribution in [0.2, 0.25) is 5.02 Å². The van der Waals surface area contributed by atoms with Gasteiger partial charge in [0.25, 0.3) is 0 Å². The zero-order valence-corrected chi connectivity index (χ0v) is 19.4. The second-order valence-corrected chi connectivity index (χ2v) is 10.3. The number of fused-ring (bicyclic) bond motifs is 1. The summed E-state index contributed by atoms with van der Waals surface area (Å²) in [5.74, 6) is -0.369. The van der Waals surface area contributed by atoms with Crippen molar-refractivity contribution in [1.29, 1.82) is 0 Å². The average Bonchev–Trinajstić information content (AvgIpc) is 3.11. The number of para-hydroxylation sites is 1. The number of halogens is 1. The maximum atomic E-state index is 13.2. The Bertz CT molecular complexity index is 1410. The molecule has 0 aliphatic rings. The van der Waals surface area contributed by atoms with E-state index in [1.807, 2.05) is 44.2 Å². The molecule has 7 heteroatoms. The van der Waals surface area contributed by atoms with Crippen molar-refractivity contribution in [2.24, 2.45) is 0 Å². The fourth-order valence-electron chi connectivity index (χ4n) is 3.77. The van der Waals surface area contributed by atoms with Crippen molar-refractivity contribution < 1.29 is 13.2 Å². The molecule has 0 saturated carbocycles. The zero-order chi connectivity index (χ0) is 22.9. The molecule has 1 heterocycles. The Labute approximate surface area is 192 Å². The number of hydrogen-bond acceptors (Lipinski definition) is 3. The third kappa shape index (κ3) is 4.71. The lowest BCUT2D eigenvalue weighted by Crippen LogP contribution is -2.18. The Hall–Kier alpha value is -3.09. The highest BCUT2D eigenvalue weighted by molar-refractivity contribution is 7.90. The highest BCUT2D eigenvalue weighted by Gasteiger charge is 2.22. The molecule has 0 unspecified atom stereocenters. The van der Waals surface area contributed by atoms with Gasteiger partial charge < -0.3 is 9.88 Å². The van der Waals surface area contributed by atoms with E-state index in [-0.39, 0.29) is 23.1 Å². The van der Waals surface area contributed by atoms with E-state index in [1.165, 1.54) is 0 Å². The summed E-state index contributed by atoms with van der Waals surface area (Å²) in [6.07, 6.45) is 1.55. The molecular formula is C25H23ClN2O3S. The number of benzene rings is 3. The molecule has 1 N–H and O–H groups in total. The number of carbonyl (C=O) groups is 1. The van der Waals surface area contributed by atoms with Crippen molar-refractivity contribution in [1.82, 2.24) is 4.57 Å². The first-order valence-electron chi connectivity index (χ1n) is 10.1. The van der Waals surface area contributed by atoms with Gasteiger partial charge in [0.2, 0.25) is 5.91 Å². The SMILES string of the molecule is Cc1ccc(NC(=O)Cn2cc(S(=O)(=O)Cc3ccc(Cl)cc3)c3ccccc32)c(C)c1. The summed E-state index contributed by atoms with van der Waals surface area (Å²) in [5.41, 5.74) is 4.18. The van der Waals surface area contributed by atoms with Gasteiger partial charge in [0.15, 0.2) is 9.84 Å². The molecule has 3 aromatic carbocycles. The number of aromatic nitrogens is 1. The first-order chi connectivity index (χ1) is 15.2. The molecule has 1 amide bonds. The normalized spacial score (nSPS) is 11.6. The quantitative estimate of drug-likeness (QED) is 0.406. The lowest BCUT2D eigenvalue weighted by molar-refractivity contribution is -0.116. The summed E-state index contributed by atoms with van der Waals surface area (Å²) in [4.78, 5) is 13.0. The molecule has 4 rings (SSSR count). The van der Waals surface area contributed by atoms with Crippen molar-refractivity contribution in [3.8, 4) is 0 Å². The number of carbonyl (C=O) groups excluding carboxylic acids is 1. The van der Waals surface area contributed by atoms with Gasteiger partial charge >= 0.3 is 0 Å². The molecule has 0 spiro atoms. The van der Waals surface area contributed by atoms with Crippen LogP contribution in [0.4, 0.5) is 5.69 Å². The van der Waals surface area contributed by atoms with Crippen LogP contribution in [0, 0.1) is 13.8 Å². The summed E-state index contributed by atoms with van der Waals surface area (Å²) in [6.45, 7) is 3.94. The van der Waals surface area contributed by atoms with Gasteiger partial charge in [-0.1, -0.05) is 59.6 Å². The third-order valence-electron chi connectivity index (χ3n) is 5.33. The standard InChI is InChI=1S/C25H23ClN2O3S/c1-17-7-12-22(18(2)13-17)27-25(29)15-28-14-24(21-5-3-4-6-23(21)28)32(30,31)16-19-8-10-20(26)11-9-19/h3-14H,15-16H2,1-2H3,(H,27,29). The molecule has 32 heavy (non-hydrogen) atoms. The lowest BCUT2D eigenvalue weighted by Gasteiger charge is -2.10. The average molecular weight is 467 g/mol. The third-order valence-corrected chi connectivity index (χ3v) is 7.29. The molecule has 5 nitrogen and oxygen atoms in total. The molecule has 164 valence electrons. The Kier molecular flexibility index (Phi) is 6.09. The van der Waals surface area contributed by atoms with E-state index in [2.05, 4.69) is 5.32 Å². The number of anilines is 1. The lowest BCUT2D eigenvalue weighted by atomic mass is 10.1. The van der Waals surface area contributed by atoms with Gasteiger partial charge in [0.1, 0.15) is 6.54 Å². The maximum absolute atomic E-state index is 13.2. The van der Waals surface area contributed by atoms with Crippen LogP contribution in [0.5, 0.6) is 0 Å². The van der Waals surface area contributed by atoms with Crippen LogP contribution in [0.1, 0.15) is 16.7 Å². The predicted octanol–water partition coefficient (Wildman–Crippen LogP) is 5.52. The van der Waals surface area contributed by atoms with Crippen LogP contribution in [-0.2, 0) is 26.9 Å². The van der Waals surface area contributed by atoms with Gasteiger partial charge in [-0.25, -0.2) is 8.42 Å². The minimum Gasteiger partial charge on any atom is -0.337 e. The summed E-state index contributed by atoms with van der Waals surface area (Å²) < 4.78 is 28.1. The summed E-state index contributed by atoms with van der Waals surface area (Å²) >= 11 is 5.91. The molecule has 0 aliphatic heterocycles. The van der Waals surface area contributed by atoms with Crippen molar-refractivity contribution in [2.45, 2.75) is 31.0 Å². The molecule has 0 aliphatic carbocycles. The predicted molar refractivity (Wildman–Crippen MR) is 129 cm³/mol. The fraction of sp³-hybridized carbons (Fsp3) is 0.160. The summed E-state index contributed by atoms with van der Waals surface area (Å²) in [6, 6.07) is 19.8. The molecule has 1 aromatic heterocycles. The summed E-state index contributed by atoms with van der Waals surface area (Å²) in [5, 5.41) is 4.07. The van der Waals surface area contributed by atoms with Crippen LogP contribution >= 0.6 is 11.6 Å². The van der Waals surface area contributed by atoms with Gasteiger partial charge in [-0.3, -0.25) is 4.79 Å². The van der Waals surface area contributed by atoms with Gasteiger partial charge in [-0.05, 0) is 49.2 Å². The van der Waals surface area contributed by atoms with Crippen molar-refractivity contribution in [2.75, 3.05) is 5.32 Å². The Balaban J connectivity index is 1.63. The highest BCUT2D eigenvalue weighted by Crippen LogP contribution is 2.28. The number of hydrogen-bond donors (Lipinski definition) is 1. The molecule has 0 bridgehead atoms. The van der Waals surface area contributed by atoms with Crippen LogP contribution in [0.3, 0.4) is 0 Å². The van der Waals surface area contributed by atoms with E-state index in [0.717, 1.165) is 16.8 Å². The van der Waals surface area contributed by atoms with E-state index in [0.29, 0.717) is 21.5 Å². The van der Waals surface area contributed by atoms with Crippen LogP contribution in [0.15, 0.2) is 77.8 Å². The van der Waals surface area contributed by atoms with E-state index in [9.17, 15) is 13.2 Å². The van der Waals surface area contributed by atoms with Crippen LogP contribution in [0.25, 0.3) is 10.9 Å². The molecule has 0 radical (unpaired) electrons. The minimum atomic E-state index is -3.63. The Morgan fingerprint density at radius 1 is 1.00 bits per heavy atom. The highest BCUT2D eigenvalue weighted by atomic mass is 35.5. The molecule has 0 fully saturated rings. The largest absolute Gasteiger partial charge is 0.337 e. The molecular weight excluding hydrogens is 444 g/mol. The first kappa shape index (κ1) is 22.1. The minimum absolute atomic E-state index is 0.00426. The van der Waals surface area contributed by atoms with Gasteiger partial charge in [0, 0.05) is 27.8 Å². The number of nitrogens with one attached hydrogen (secondary N) is 1. The Morgan fingerprint density at radius 3 is 2.44 bits per heavy atom. The smallest absolute Gasteiger partial charge is 0.244 e. The number of amides is 1. The van der Waals surface area contributed by atoms with E-state index < -0.39 is 9.84 Å². The monoisotopic (exact) mass is 466 g/mol. The first-order valence-corrected chi connectivity index (χ1v) is 12.2. The van der Waals surface area contributed by atoms with Crippen molar-refractivity contribution in [3.05, 3.63) is 94.6 Å². The van der Waals surface area contributed by atoms with E-state index in [4.69, 9.17) is 11.6 Å². The number of sulfone groups is 1. The second-order valence-electron chi connectivity index (χ2n) is 7.89. The van der Waals surface area contributed by atoms with Gasteiger partial charge in [0.05, 0.1) is 10.6 Å². The van der Waals surface area contributed by atoms with Crippen molar-refractivity contribution in [3.63, 3.8) is 0 Å². The van der Waals surface area contributed by atoms with Crippen molar-refractivity contribution >= 4 is 43.9 Å². The number of nitrogens with zero attached hydrogens (tertiary/aromatic N) is 1. The van der Waals surface area contributed by atoms with E-state index >= 15 is 0 Å². The number of rotatable bonds is 6. The van der Waals surface area contributed by atoms with Crippen LogP contribution < -0.4 is 5.32 Å². The maximum Gasteiger partial charge on any atom is 0.244 e. The van der Waals surface area contributed by atoms with Gasteiger partial charge in [-0.2, -0.15) is 0 Å². The molecule has 4 aromatic rings. The second kappa shape index (κ2) is 8.81. The fourth-order valence-corrected chi connectivity index (χ4v) is 5.48. The summed E-state index contributed by atoms with van der Waals surface area (Å²) in [7, 11) is -3.63. The topological polar surface area (TPSA) is 68.2 Å². The molecule has 0 saturated heterocycles. The van der Waals surface area contributed by atoms with Crippen LogP contribution in [-0.4, -0.2) is 18.9 Å². The molecule has 0 atom stereocenters. The number of aryl methyl sites for hydroxylation is 2. The Morgan fingerprint density at radius 2 is 1.72 bits per heavy atom.